The fourth-order valence-electron chi connectivity index (χ4n) is 1.57. The molecule has 1 unspecified atom stereocenters. The van der Waals surface area contributed by atoms with E-state index in [9.17, 15) is 5.11 Å². The van der Waals surface area contributed by atoms with Crippen molar-refractivity contribution in [2.45, 2.75) is 39.8 Å². The summed E-state index contributed by atoms with van der Waals surface area (Å²) in [5, 5.41) is 17.2. The molecule has 0 amide bonds. The van der Waals surface area contributed by atoms with Gasteiger partial charge < -0.3 is 10.4 Å². The first kappa shape index (κ1) is 13.2. The van der Waals surface area contributed by atoms with E-state index < -0.39 is 0 Å². The minimum Gasteiger partial charge on any atom is -0.391 e. The third-order valence-corrected chi connectivity index (χ3v) is 2.41. The number of aromatic nitrogens is 2. The Kier molecular flexibility index (Phi) is 5.49. The normalized spacial score (nSPS) is 13.3. The molecule has 92 valence electrons. The van der Waals surface area contributed by atoms with Crippen LogP contribution in [0, 0.1) is 5.92 Å². The van der Waals surface area contributed by atoms with Gasteiger partial charge in [-0.2, -0.15) is 5.10 Å². The summed E-state index contributed by atoms with van der Waals surface area (Å²) in [7, 11) is 0. The van der Waals surface area contributed by atoms with Gasteiger partial charge in [0.25, 0.3) is 0 Å². The number of rotatable bonds is 7. The van der Waals surface area contributed by atoms with E-state index in [1.807, 2.05) is 17.1 Å². The number of aryl methyl sites for hydroxylation is 1. The monoisotopic (exact) mass is 225 g/mol. The molecular weight excluding hydrogens is 202 g/mol. The Bertz CT molecular complexity index is 296. The molecule has 1 rings (SSSR count). The molecule has 0 saturated heterocycles. The lowest BCUT2D eigenvalue weighted by atomic mass is 10.1. The van der Waals surface area contributed by atoms with Crippen LogP contribution in [0.15, 0.2) is 12.4 Å². The minimum atomic E-state index is -0.326. The van der Waals surface area contributed by atoms with Crippen LogP contribution in [-0.2, 0) is 13.0 Å². The highest BCUT2D eigenvalue weighted by atomic mass is 16.3. The molecule has 2 N–H and O–H groups in total. The van der Waals surface area contributed by atoms with E-state index in [4.69, 9.17) is 0 Å². The predicted octanol–water partition coefficient (Wildman–Crippen LogP) is 1.05. The van der Waals surface area contributed by atoms with Crippen LogP contribution < -0.4 is 5.32 Å². The molecule has 0 saturated carbocycles. The van der Waals surface area contributed by atoms with Gasteiger partial charge in [-0.05, 0) is 24.9 Å². The highest BCUT2D eigenvalue weighted by Crippen LogP contribution is 2.02. The van der Waals surface area contributed by atoms with Gasteiger partial charge in [-0.3, -0.25) is 4.68 Å². The average Bonchev–Trinajstić information content (AvgIpc) is 2.65. The molecule has 0 fully saturated rings. The number of aliphatic hydroxyl groups excluding tert-OH is 1. The molecule has 1 aromatic rings. The van der Waals surface area contributed by atoms with Crippen molar-refractivity contribution in [2.75, 3.05) is 13.1 Å². The summed E-state index contributed by atoms with van der Waals surface area (Å²) in [6, 6.07) is 0. The van der Waals surface area contributed by atoms with Gasteiger partial charge >= 0.3 is 0 Å². The summed E-state index contributed by atoms with van der Waals surface area (Å²) in [6.07, 6.45) is 4.17. The van der Waals surface area contributed by atoms with Crippen molar-refractivity contribution >= 4 is 0 Å². The molecule has 0 aliphatic rings. The number of nitrogens with zero attached hydrogens (tertiary/aromatic N) is 2. The van der Waals surface area contributed by atoms with Crippen LogP contribution >= 0.6 is 0 Å². The highest BCUT2D eigenvalue weighted by Gasteiger charge is 2.07. The number of nitrogens with one attached hydrogen (secondary N) is 1. The zero-order valence-electron chi connectivity index (χ0n) is 10.5. The van der Waals surface area contributed by atoms with E-state index in [0.717, 1.165) is 18.7 Å². The first-order valence-corrected chi connectivity index (χ1v) is 6.02. The van der Waals surface area contributed by atoms with Gasteiger partial charge in [0.05, 0.1) is 12.3 Å². The summed E-state index contributed by atoms with van der Waals surface area (Å²) in [4.78, 5) is 0. The summed E-state index contributed by atoms with van der Waals surface area (Å²) in [5.41, 5.74) is 1.10. The van der Waals surface area contributed by atoms with Crippen molar-refractivity contribution in [1.29, 1.82) is 0 Å². The molecule has 4 nitrogen and oxygen atoms in total. The predicted molar refractivity (Wildman–Crippen MR) is 65.3 cm³/mol. The fraction of sp³-hybridized carbons (Fsp3) is 0.750. The van der Waals surface area contributed by atoms with Crippen LogP contribution in [0.5, 0.6) is 0 Å². The standard InChI is InChI=1S/C12H23N3O/c1-4-15-9-11(7-14-15)5-12(16)8-13-6-10(2)3/h7,9-10,12-13,16H,4-6,8H2,1-3H3. The molecule has 0 aliphatic carbocycles. The summed E-state index contributed by atoms with van der Waals surface area (Å²) in [6.45, 7) is 8.84. The van der Waals surface area contributed by atoms with Crippen molar-refractivity contribution < 1.29 is 5.11 Å². The minimum absolute atomic E-state index is 0.326. The Morgan fingerprint density at radius 2 is 2.19 bits per heavy atom. The van der Waals surface area contributed by atoms with Gasteiger partial charge in [0, 0.05) is 25.7 Å². The first-order chi connectivity index (χ1) is 7.61. The molecule has 1 aromatic heterocycles. The quantitative estimate of drug-likeness (QED) is 0.729. The zero-order chi connectivity index (χ0) is 12.0. The van der Waals surface area contributed by atoms with Gasteiger partial charge in [-0.25, -0.2) is 0 Å². The first-order valence-electron chi connectivity index (χ1n) is 6.02. The molecule has 0 aromatic carbocycles. The molecule has 1 atom stereocenters. The Morgan fingerprint density at radius 3 is 2.75 bits per heavy atom. The van der Waals surface area contributed by atoms with Crippen LogP contribution in [-0.4, -0.2) is 34.1 Å². The molecular formula is C12H23N3O. The third kappa shape index (κ3) is 4.77. The molecule has 1 heterocycles. The van der Waals surface area contributed by atoms with Gasteiger partial charge in [-0.15, -0.1) is 0 Å². The number of aliphatic hydroxyl groups is 1. The second kappa shape index (κ2) is 6.66. The van der Waals surface area contributed by atoms with Crippen molar-refractivity contribution in [1.82, 2.24) is 15.1 Å². The summed E-state index contributed by atoms with van der Waals surface area (Å²) >= 11 is 0. The lowest BCUT2D eigenvalue weighted by Gasteiger charge is -2.12. The summed E-state index contributed by atoms with van der Waals surface area (Å²) in [5.74, 6) is 0.620. The lowest BCUT2D eigenvalue weighted by Crippen LogP contribution is -2.30. The second-order valence-electron chi connectivity index (χ2n) is 4.61. The van der Waals surface area contributed by atoms with E-state index in [1.165, 1.54) is 0 Å². The summed E-state index contributed by atoms with van der Waals surface area (Å²) < 4.78 is 1.88. The average molecular weight is 225 g/mol. The van der Waals surface area contributed by atoms with E-state index in [1.54, 1.807) is 0 Å². The topological polar surface area (TPSA) is 50.1 Å². The zero-order valence-corrected chi connectivity index (χ0v) is 10.5. The van der Waals surface area contributed by atoms with Gasteiger partial charge in [0.15, 0.2) is 0 Å². The number of hydrogen-bond acceptors (Lipinski definition) is 3. The van der Waals surface area contributed by atoms with E-state index in [0.29, 0.717) is 18.9 Å². The fourth-order valence-corrected chi connectivity index (χ4v) is 1.57. The molecule has 0 radical (unpaired) electrons. The Hall–Kier alpha value is -0.870. The Morgan fingerprint density at radius 1 is 1.44 bits per heavy atom. The van der Waals surface area contributed by atoms with Crippen LogP contribution in [0.4, 0.5) is 0 Å². The largest absolute Gasteiger partial charge is 0.391 e. The van der Waals surface area contributed by atoms with Crippen LogP contribution in [0.2, 0.25) is 0 Å². The maximum atomic E-state index is 9.80. The van der Waals surface area contributed by atoms with E-state index >= 15 is 0 Å². The van der Waals surface area contributed by atoms with E-state index in [-0.39, 0.29) is 6.10 Å². The van der Waals surface area contributed by atoms with Gasteiger partial charge in [0.1, 0.15) is 0 Å². The third-order valence-electron chi connectivity index (χ3n) is 2.41. The lowest BCUT2D eigenvalue weighted by molar-refractivity contribution is 0.170. The molecule has 4 heteroatoms. The smallest absolute Gasteiger partial charge is 0.0706 e. The Balaban J connectivity index is 2.25. The van der Waals surface area contributed by atoms with Gasteiger partial charge in [0.2, 0.25) is 0 Å². The van der Waals surface area contributed by atoms with Gasteiger partial charge in [-0.1, -0.05) is 13.8 Å². The molecule has 16 heavy (non-hydrogen) atoms. The van der Waals surface area contributed by atoms with Crippen molar-refractivity contribution in [2.24, 2.45) is 5.92 Å². The van der Waals surface area contributed by atoms with Crippen LogP contribution in [0.25, 0.3) is 0 Å². The highest BCUT2D eigenvalue weighted by molar-refractivity contribution is 5.05. The van der Waals surface area contributed by atoms with E-state index in [2.05, 4.69) is 31.2 Å². The van der Waals surface area contributed by atoms with Crippen molar-refractivity contribution in [3.05, 3.63) is 18.0 Å². The van der Waals surface area contributed by atoms with Crippen molar-refractivity contribution in [3.8, 4) is 0 Å². The number of hydrogen-bond donors (Lipinski definition) is 2. The second-order valence-corrected chi connectivity index (χ2v) is 4.61. The molecule has 0 bridgehead atoms. The SMILES string of the molecule is CCn1cc(CC(O)CNCC(C)C)cn1. The molecule has 0 spiro atoms. The van der Waals surface area contributed by atoms with Crippen LogP contribution in [0.3, 0.4) is 0 Å². The molecule has 0 aliphatic heterocycles. The van der Waals surface area contributed by atoms with Crippen LogP contribution in [0.1, 0.15) is 26.3 Å². The maximum Gasteiger partial charge on any atom is 0.0706 e. The van der Waals surface area contributed by atoms with Crippen molar-refractivity contribution in [3.63, 3.8) is 0 Å². The maximum absolute atomic E-state index is 9.80. The Labute approximate surface area is 97.7 Å².